The third kappa shape index (κ3) is 3.76. The van der Waals surface area contributed by atoms with Crippen molar-refractivity contribution in [3.8, 4) is 5.75 Å². The average Bonchev–Trinajstić information content (AvgIpc) is 2.50. The summed E-state index contributed by atoms with van der Waals surface area (Å²) in [6.45, 7) is 2.63. The second-order valence-corrected chi connectivity index (χ2v) is 4.70. The summed E-state index contributed by atoms with van der Waals surface area (Å²) in [5, 5.41) is 3.08. The lowest BCUT2D eigenvalue weighted by Gasteiger charge is -2.18. The maximum absolute atomic E-state index is 13.4. The van der Waals surface area contributed by atoms with E-state index in [9.17, 15) is 8.78 Å². The second-order valence-electron chi connectivity index (χ2n) is 4.70. The Morgan fingerprint density at radius 1 is 1.14 bits per heavy atom. The van der Waals surface area contributed by atoms with Crippen LogP contribution in [-0.2, 0) is 0 Å². The molecule has 0 aliphatic carbocycles. The van der Waals surface area contributed by atoms with Gasteiger partial charge in [-0.3, -0.25) is 4.98 Å². The van der Waals surface area contributed by atoms with E-state index < -0.39 is 11.6 Å². The summed E-state index contributed by atoms with van der Waals surface area (Å²) < 4.78 is 32.0. The molecule has 1 heterocycles. The highest BCUT2D eigenvalue weighted by atomic mass is 19.2. The first-order valence-corrected chi connectivity index (χ1v) is 6.85. The smallest absolute Gasteiger partial charge is 0.159 e. The Morgan fingerprint density at radius 2 is 1.95 bits per heavy atom. The van der Waals surface area contributed by atoms with Gasteiger partial charge >= 0.3 is 0 Å². The second kappa shape index (κ2) is 7.13. The fraction of sp³-hybridized carbons (Fsp3) is 0.312. The van der Waals surface area contributed by atoms with Crippen molar-refractivity contribution in [3.05, 3.63) is 59.4 Å². The number of hydrogen-bond donors (Lipinski definition) is 1. The first-order chi connectivity index (χ1) is 10.2. The fourth-order valence-electron chi connectivity index (χ4n) is 2.11. The topological polar surface area (TPSA) is 34.1 Å². The molecule has 0 saturated carbocycles. The summed E-state index contributed by atoms with van der Waals surface area (Å²) in [5.74, 6) is -1.05. The van der Waals surface area contributed by atoms with Crippen molar-refractivity contribution in [3.63, 3.8) is 0 Å². The molecule has 3 nitrogen and oxygen atoms in total. The van der Waals surface area contributed by atoms with Crippen LogP contribution in [0.15, 0.2) is 36.7 Å². The SMILES string of the molecule is CCCOc1cncc(C(NC)c2ccc(F)c(F)c2)c1. The van der Waals surface area contributed by atoms with Crippen molar-refractivity contribution in [2.24, 2.45) is 0 Å². The minimum atomic E-state index is -0.862. The molecule has 0 radical (unpaired) electrons. The van der Waals surface area contributed by atoms with Gasteiger partial charge in [0.2, 0.25) is 0 Å². The lowest BCUT2D eigenvalue weighted by atomic mass is 10.00. The van der Waals surface area contributed by atoms with E-state index in [0.29, 0.717) is 17.9 Å². The molecule has 0 aliphatic heterocycles. The molecule has 0 amide bonds. The lowest BCUT2D eigenvalue weighted by molar-refractivity contribution is 0.315. The lowest BCUT2D eigenvalue weighted by Crippen LogP contribution is -2.18. The van der Waals surface area contributed by atoms with Crippen LogP contribution in [0.1, 0.15) is 30.5 Å². The molecule has 1 unspecified atom stereocenters. The minimum Gasteiger partial charge on any atom is -0.492 e. The van der Waals surface area contributed by atoms with Crippen LogP contribution in [0, 0.1) is 11.6 Å². The van der Waals surface area contributed by atoms with Crippen LogP contribution in [0.2, 0.25) is 0 Å². The van der Waals surface area contributed by atoms with Crippen LogP contribution in [0.3, 0.4) is 0 Å². The highest BCUT2D eigenvalue weighted by Crippen LogP contribution is 2.25. The molecule has 0 saturated heterocycles. The largest absolute Gasteiger partial charge is 0.492 e. The number of aromatic nitrogens is 1. The van der Waals surface area contributed by atoms with Crippen molar-refractivity contribution in [2.75, 3.05) is 13.7 Å². The Morgan fingerprint density at radius 3 is 2.62 bits per heavy atom. The van der Waals surface area contributed by atoms with Crippen LogP contribution >= 0.6 is 0 Å². The molecule has 2 aromatic rings. The highest BCUT2D eigenvalue weighted by Gasteiger charge is 2.15. The van der Waals surface area contributed by atoms with Crippen molar-refractivity contribution >= 4 is 0 Å². The highest BCUT2D eigenvalue weighted by molar-refractivity contribution is 5.34. The zero-order valence-corrected chi connectivity index (χ0v) is 12.1. The standard InChI is InChI=1S/C16H18F2N2O/c1-3-6-21-13-7-12(9-20-10-13)16(19-2)11-4-5-14(17)15(18)8-11/h4-5,7-10,16,19H,3,6H2,1-2H3. The molecule has 0 spiro atoms. The molecular formula is C16H18F2N2O. The Labute approximate surface area is 123 Å². The van der Waals surface area contributed by atoms with Crippen molar-refractivity contribution in [1.82, 2.24) is 10.3 Å². The Balaban J connectivity index is 2.30. The molecule has 0 fully saturated rings. The third-order valence-electron chi connectivity index (χ3n) is 3.11. The molecule has 1 atom stereocenters. The van der Waals surface area contributed by atoms with E-state index in [2.05, 4.69) is 10.3 Å². The van der Waals surface area contributed by atoms with Gasteiger partial charge in [0.25, 0.3) is 0 Å². The van der Waals surface area contributed by atoms with Crippen LogP contribution in [0.4, 0.5) is 8.78 Å². The first kappa shape index (κ1) is 15.4. The van der Waals surface area contributed by atoms with Crippen LogP contribution in [0.25, 0.3) is 0 Å². The zero-order valence-electron chi connectivity index (χ0n) is 12.1. The van der Waals surface area contributed by atoms with Gasteiger partial charge in [-0.15, -0.1) is 0 Å². The quantitative estimate of drug-likeness (QED) is 0.885. The van der Waals surface area contributed by atoms with Gasteiger partial charge in [0, 0.05) is 6.20 Å². The average molecular weight is 292 g/mol. The monoisotopic (exact) mass is 292 g/mol. The van der Waals surface area contributed by atoms with Gasteiger partial charge in [0.1, 0.15) is 5.75 Å². The van der Waals surface area contributed by atoms with Gasteiger partial charge in [-0.05, 0) is 42.8 Å². The number of ether oxygens (including phenoxy) is 1. The molecule has 112 valence electrons. The number of hydrogen-bond acceptors (Lipinski definition) is 3. The predicted octanol–water partition coefficient (Wildman–Crippen LogP) is 3.46. The van der Waals surface area contributed by atoms with Crippen molar-refractivity contribution < 1.29 is 13.5 Å². The van der Waals surface area contributed by atoms with Gasteiger partial charge in [-0.25, -0.2) is 8.78 Å². The van der Waals surface area contributed by atoms with E-state index in [1.165, 1.54) is 6.07 Å². The van der Waals surface area contributed by atoms with Gasteiger partial charge in [0.05, 0.1) is 18.8 Å². The van der Waals surface area contributed by atoms with Crippen LogP contribution in [0.5, 0.6) is 5.75 Å². The van der Waals surface area contributed by atoms with Crippen molar-refractivity contribution in [2.45, 2.75) is 19.4 Å². The molecule has 5 heteroatoms. The molecule has 2 rings (SSSR count). The number of halogens is 2. The van der Waals surface area contributed by atoms with Gasteiger partial charge in [-0.2, -0.15) is 0 Å². The van der Waals surface area contributed by atoms with Crippen LogP contribution in [-0.4, -0.2) is 18.6 Å². The maximum Gasteiger partial charge on any atom is 0.159 e. The minimum absolute atomic E-state index is 0.280. The molecular weight excluding hydrogens is 274 g/mol. The van der Waals surface area contributed by atoms with E-state index in [4.69, 9.17) is 4.74 Å². The molecule has 1 aromatic carbocycles. The predicted molar refractivity (Wildman–Crippen MR) is 77.3 cm³/mol. The maximum atomic E-state index is 13.4. The van der Waals surface area contributed by atoms with E-state index in [0.717, 1.165) is 18.1 Å². The molecule has 0 bridgehead atoms. The summed E-state index contributed by atoms with van der Waals surface area (Å²) >= 11 is 0. The van der Waals surface area contributed by atoms with E-state index in [1.807, 2.05) is 13.0 Å². The first-order valence-electron chi connectivity index (χ1n) is 6.85. The summed E-state index contributed by atoms with van der Waals surface area (Å²) in [6.07, 6.45) is 4.22. The van der Waals surface area contributed by atoms with Gasteiger partial charge in [0.15, 0.2) is 11.6 Å². The number of pyridine rings is 1. The summed E-state index contributed by atoms with van der Waals surface area (Å²) in [6, 6.07) is 5.44. The molecule has 0 aliphatic rings. The molecule has 1 aromatic heterocycles. The Kier molecular flexibility index (Phi) is 5.22. The Bertz CT molecular complexity index is 605. The van der Waals surface area contributed by atoms with E-state index in [-0.39, 0.29) is 6.04 Å². The van der Waals surface area contributed by atoms with Crippen molar-refractivity contribution in [1.29, 1.82) is 0 Å². The zero-order chi connectivity index (χ0) is 15.2. The van der Waals surface area contributed by atoms with E-state index in [1.54, 1.807) is 25.5 Å². The summed E-state index contributed by atoms with van der Waals surface area (Å²) in [4.78, 5) is 4.14. The fourth-order valence-corrected chi connectivity index (χ4v) is 2.11. The molecule has 1 N–H and O–H groups in total. The number of rotatable bonds is 6. The number of nitrogens with one attached hydrogen (secondary N) is 1. The summed E-state index contributed by atoms with van der Waals surface area (Å²) in [7, 11) is 1.76. The number of nitrogens with zero attached hydrogens (tertiary/aromatic N) is 1. The van der Waals surface area contributed by atoms with E-state index >= 15 is 0 Å². The normalized spacial score (nSPS) is 12.2. The van der Waals surface area contributed by atoms with Gasteiger partial charge < -0.3 is 10.1 Å². The molecule has 21 heavy (non-hydrogen) atoms. The van der Waals surface area contributed by atoms with Gasteiger partial charge in [-0.1, -0.05) is 13.0 Å². The third-order valence-corrected chi connectivity index (χ3v) is 3.11. The van der Waals surface area contributed by atoms with Crippen LogP contribution < -0.4 is 10.1 Å². The number of benzene rings is 1. The summed E-state index contributed by atoms with van der Waals surface area (Å²) in [5.41, 5.74) is 1.46. The Hall–Kier alpha value is -2.01.